The molecule has 0 aromatic carbocycles. The molecule has 1 spiro atoms. The van der Waals surface area contributed by atoms with Gasteiger partial charge in [0, 0.05) is 12.1 Å². The van der Waals surface area contributed by atoms with Gasteiger partial charge in [0.2, 0.25) is 0 Å². The summed E-state index contributed by atoms with van der Waals surface area (Å²) < 4.78 is 6.34. The molecule has 2 heteroatoms. The zero-order valence-electron chi connectivity index (χ0n) is 11.4. The van der Waals surface area contributed by atoms with Crippen LogP contribution in [0.4, 0.5) is 0 Å². The number of rotatable bonds is 4. The molecule has 1 N–H and O–H groups in total. The first-order chi connectivity index (χ1) is 8.10. The molecule has 1 heterocycles. The van der Waals surface area contributed by atoms with Crippen molar-refractivity contribution in [1.29, 1.82) is 0 Å². The van der Waals surface area contributed by atoms with Crippen LogP contribution in [0.25, 0.3) is 0 Å². The van der Waals surface area contributed by atoms with Gasteiger partial charge in [-0.2, -0.15) is 0 Å². The van der Waals surface area contributed by atoms with Crippen LogP contribution in [0.3, 0.4) is 0 Å². The van der Waals surface area contributed by atoms with Gasteiger partial charge in [-0.3, -0.25) is 0 Å². The summed E-state index contributed by atoms with van der Waals surface area (Å²) in [6.45, 7) is 5.77. The van der Waals surface area contributed by atoms with E-state index in [2.05, 4.69) is 19.2 Å². The molecule has 17 heavy (non-hydrogen) atoms. The van der Waals surface area contributed by atoms with E-state index in [0.29, 0.717) is 17.2 Å². The van der Waals surface area contributed by atoms with Crippen molar-refractivity contribution in [3.05, 3.63) is 0 Å². The molecule has 1 aliphatic heterocycles. The average molecular weight is 237 g/mol. The Balaban J connectivity index is 1.47. The van der Waals surface area contributed by atoms with Crippen LogP contribution >= 0.6 is 0 Å². The minimum atomic E-state index is 0.302. The molecule has 1 atom stereocenters. The zero-order valence-corrected chi connectivity index (χ0v) is 11.4. The molecule has 3 rings (SSSR count). The van der Waals surface area contributed by atoms with Gasteiger partial charge in [-0.1, -0.05) is 12.8 Å². The van der Waals surface area contributed by atoms with Crippen molar-refractivity contribution < 1.29 is 4.74 Å². The summed E-state index contributed by atoms with van der Waals surface area (Å²) in [5.74, 6) is 0.907. The maximum atomic E-state index is 6.34. The molecule has 0 bridgehead atoms. The highest BCUT2D eigenvalue weighted by Crippen LogP contribution is 2.43. The largest absolute Gasteiger partial charge is 0.370 e. The van der Waals surface area contributed by atoms with E-state index in [9.17, 15) is 0 Å². The van der Waals surface area contributed by atoms with Crippen LogP contribution in [0, 0.1) is 5.92 Å². The van der Waals surface area contributed by atoms with E-state index in [0.717, 1.165) is 12.5 Å². The Kier molecular flexibility index (Phi) is 2.99. The lowest BCUT2D eigenvalue weighted by atomic mass is 9.97. The van der Waals surface area contributed by atoms with Crippen LogP contribution in [0.2, 0.25) is 0 Å². The van der Waals surface area contributed by atoms with E-state index < -0.39 is 0 Å². The Labute approximate surface area is 105 Å². The fourth-order valence-electron chi connectivity index (χ4n) is 3.75. The van der Waals surface area contributed by atoms with Crippen LogP contribution < -0.4 is 5.32 Å². The summed E-state index contributed by atoms with van der Waals surface area (Å²) in [5.41, 5.74) is 0.630. The first-order valence-corrected chi connectivity index (χ1v) is 7.53. The SMILES string of the molecule is CC(C)(NCC1CCC2(CCCC2)O1)C1CC1. The van der Waals surface area contributed by atoms with Crippen molar-refractivity contribution >= 4 is 0 Å². The number of hydrogen-bond donors (Lipinski definition) is 1. The summed E-state index contributed by atoms with van der Waals surface area (Å²) in [7, 11) is 0. The molecule has 98 valence electrons. The van der Waals surface area contributed by atoms with Gasteiger partial charge in [0.15, 0.2) is 0 Å². The first kappa shape index (κ1) is 12.0. The third-order valence-electron chi connectivity index (χ3n) is 5.24. The third-order valence-corrected chi connectivity index (χ3v) is 5.24. The van der Waals surface area contributed by atoms with Crippen molar-refractivity contribution in [2.75, 3.05) is 6.54 Å². The van der Waals surface area contributed by atoms with E-state index in [1.54, 1.807) is 0 Å². The fourth-order valence-corrected chi connectivity index (χ4v) is 3.75. The molecule has 0 amide bonds. The number of hydrogen-bond acceptors (Lipinski definition) is 2. The molecule has 2 saturated carbocycles. The second-order valence-electron chi connectivity index (χ2n) is 7.05. The Hall–Kier alpha value is -0.0800. The smallest absolute Gasteiger partial charge is 0.0708 e. The van der Waals surface area contributed by atoms with Gasteiger partial charge in [0.05, 0.1) is 11.7 Å². The van der Waals surface area contributed by atoms with Gasteiger partial charge < -0.3 is 10.1 Å². The number of nitrogens with one attached hydrogen (secondary N) is 1. The number of ether oxygens (including phenoxy) is 1. The van der Waals surface area contributed by atoms with E-state index in [1.165, 1.54) is 51.4 Å². The highest BCUT2D eigenvalue weighted by Gasteiger charge is 2.43. The highest BCUT2D eigenvalue weighted by atomic mass is 16.5. The molecule has 3 aliphatic rings. The van der Waals surface area contributed by atoms with E-state index in [4.69, 9.17) is 4.74 Å². The molecule has 2 nitrogen and oxygen atoms in total. The molecule has 3 fully saturated rings. The molecule has 0 aromatic rings. The quantitative estimate of drug-likeness (QED) is 0.810. The van der Waals surface area contributed by atoms with Crippen LogP contribution in [0.5, 0.6) is 0 Å². The maximum Gasteiger partial charge on any atom is 0.0708 e. The molecule has 2 aliphatic carbocycles. The lowest BCUT2D eigenvalue weighted by Crippen LogP contribution is -2.45. The minimum Gasteiger partial charge on any atom is -0.370 e. The molecular formula is C15H27NO. The highest BCUT2D eigenvalue weighted by molar-refractivity contribution is 4.97. The summed E-state index contributed by atoms with van der Waals surface area (Å²) in [6, 6.07) is 0. The van der Waals surface area contributed by atoms with Crippen LogP contribution in [-0.4, -0.2) is 23.8 Å². The normalized spacial score (nSPS) is 32.5. The summed E-state index contributed by atoms with van der Waals surface area (Å²) in [6.07, 6.45) is 11.3. The monoisotopic (exact) mass is 237 g/mol. The summed E-state index contributed by atoms with van der Waals surface area (Å²) in [5, 5.41) is 3.74. The first-order valence-electron chi connectivity index (χ1n) is 7.53. The Morgan fingerprint density at radius 1 is 1.12 bits per heavy atom. The zero-order chi connectivity index (χ0) is 11.9. The van der Waals surface area contributed by atoms with Crippen LogP contribution in [0.1, 0.15) is 65.2 Å². The molecule has 1 saturated heterocycles. The molecule has 0 radical (unpaired) electrons. The molecular weight excluding hydrogens is 210 g/mol. The minimum absolute atomic E-state index is 0.302. The van der Waals surface area contributed by atoms with Gasteiger partial charge in [-0.15, -0.1) is 0 Å². The topological polar surface area (TPSA) is 21.3 Å². The van der Waals surface area contributed by atoms with E-state index >= 15 is 0 Å². The predicted molar refractivity (Wildman–Crippen MR) is 70.1 cm³/mol. The standard InChI is InChI=1S/C15H27NO/c1-14(2,12-5-6-12)16-11-13-7-10-15(17-13)8-3-4-9-15/h12-13,16H,3-11H2,1-2H3. The van der Waals surface area contributed by atoms with Crippen molar-refractivity contribution in [1.82, 2.24) is 5.32 Å². The van der Waals surface area contributed by atoms with Crippen molar-refractivity contribution in [2.24, 2.45) is 5.92 Å². The fraction of sp³-hybridized carbons (Fsp3) is 1.00. The Morgan fingerprint density at radius 2 is 1.82 bits per heavy atom. The van der Waals surface area contributed by atoms with Gasteiger partial charge in [0.1, 0.15) is 0 Å². The molecule has 0 aromatic heterocycles. The maximum absolute atomic E-state index is 6.34. The van der Waals surface area contributed by atoms with Crippen LogP contribution in [-0.2, 0) is 4.74 Å². The third kappa shape index (κ3) is 2.53. The Bertz CT molecular complexity index is 277. The summed E-state index contributed by atoms with van der Waals surface area (Å²) in [4.78, 5) is 0. The van der Waals surface area contributed by atoms with Crippen molar-refractivity contribution in [3.8, 4) is 0 Å². The Morgan fingerprint density at radius 3 is 2.47 bits per heavy atom. The lowest BCUT2D eigenvalue weighted by Gasteiger charge is -2.29. The van der Waals surface area contributed by atoms with Crippen molar-refractivity contribution in [3.63, 3.8) is 0 Å². The second kappa shape index (κ2) is 4.24. The summed E-state index contributed by atoms with van der Waals surface area (Å²) >= 11 is 0. The van der Waals surface area contributed by atoms with Gasteiger partial charge in [0.25, 0.3) is 0 Å². The second-order valence-corrected chi connectivity index (χ2v) is 7.05. The van der Waals surface area contributed by atoms with Gasteiger partial charge in [-0.05, 0) is 58.3 Å². The average Bonchev–Trinajstić information content (AvgIpc) is 2.97. The van der Waals surface area contributed by atoms with E-state index in [1.807, 2.05) is 0 Å². The van der Waals surface area contributed by atoms with E-state index in [-0.39, 0.29) is 0 Å². The predicted octanol–water partition coefficient (Wildman–Crippen LogP) is 3.26. The van der Waals surface area contributed by atoms with Gasteiger partial charge >= 0.3 is 0 Å². The lowest BCUT2D eigenvalue weighted by molar-refractivity contribution is -0.0373. The van der Waals surface area contributed by atoms with Gasteiger partial charge in [-0.25, -0.2) is 0 Å². The van der Waals surface area contributed by atoms with Crippen LogP contribution in [0.15, 0.2) is 0 Å². The van der Waals surface area contributed by atoms with Crippen molar-refractivity contribution in [2.45, 2.75) is 82.5 Å². The molecule has 1 unspecified atom stereocenters.